The number of carbonyl (C=O) groups is 1. The van der Waals surface area contributed by atoms with Crippen molar-refractivity contribution in [1.29, 1.82) is 0 Å². The molecule has 1 aromatic heterocycles. The van der Waals surface area contributed by atoms with Gasteiger partial charge in [-0.3, -0.25) is 4.79 Å². The van der Waals surface area contributed by atoms with Crippen LogP contribution in [-0.2, 0) is 0 Å². The topological polar surface area (TPSA) is 93.3 Å². The van der Waals surface area contributed by atoms with E-state index in [1.54, 1.807) is 30.3 Å². The quantitative estimate of drug-likeness (QED) is 0.317. The van der Waals surface area contributed by atoms with Crippen LogP contribution in [0.15, 0.2) is 45.9 Å². The van der Waals surface area contributed by atoms with Crippen molar-refractivity contribution < 1.29 is 23.8 Å². The van der Waals surface area contributed by atoms with Crippen molar-refractivity contribution in [2.24, 2.45) is 5.10 Å². The first-order chi connectivity index (χ1) is 13.0. The van der Waals surface area contributed by atoms with Crippen molar-refractivity contribution in [3.8, 4) is 17.2 Å². The van der Waals surface area contributed by atoms with Gasteiger partial charge in [0.25, 0.3) is 0 Å². The van der Waals surface area contributed by atoms with Crippen LogP contribution in [0.3, 0.4) is 0 Å². The molecule has 0 fully saturated rings. The number of phenolic OH excluding ortho intramolecular Hbond substituents is 1. The Morgan fingerprint density at radius 2 is 2.15 bits per heavy atom. The SMILES string of the molecule is CCOc1ccc2oc(C(=O)N/N=C/c3cc(I)c(O)c(OC)c3)cc2c1. The highest BCUT2D eigenvalue weighted by atomic mass is 127. The molecule has 3 rings (SSSR count). The van der Waals surface area contributed by atoms with Gasteiger partial charge in [-0.15, -0.1) is 0 Å². The lowest BCUT2D eigenvalue weighted by Crippen LogP contribution is -2.16. The number of nitrogens with zero attached hydrogens (tertiary/aromatic N) is 1. The lowest BCUT2D eigenvalue weighted by Gasteiger charge is -2.06. The zero-order chi connectivity index (χ0) is 19.4. The highest BCUT2D eigenvalue weighted by Gasteiger charge is 2.12. The average molecular weight is 480 g/mol. The van der Waals surface area contributed by atoms with Gasteiger partial charge in [0.15, 0.2) is 17.3 Å². The van der Waals surface area contributed by atoms with Crippen molar-refractivity contribution in [3.63, 3.8) is 0 Å². The lowest BCUT2D eigenvalue weighted by atomic mass is 10.2. The van der Waals surface area contributed by atoms with Crippen LogP contribution in [0.5, 0.6) is 17.2 Å². The molecule has 0 aliphatic heterocycles. The van der Waals surface area contributed by atoms with Crippen LogP contribution in [0.2, 0.25) is 0 Å². The first-order valence-electron chi connectivity index (χ1n) is 8.08. The summed E-state index contributed by atoms with van der Waals surface area (Å²) in [7, 11) is 1.46. The van der Waals surface area contributed by atoms with Crippen molar-refractivity contribution in [2.45, 2.75) is 6.92 Å². The van der Waals surface area contributed by atoms with Crippen molar-refractivity contribution >= 4 is 45.7 Å². The van der Waals surface area contributed by atoms with Crippen LogP contribution in [0.4, 0.5) is 0 Å². The molecule has 0 unspecified atom stereocenters. The second kappa shape index (κ2) is 8.30. The molecule has 0 spiro atoms. The summed E-state index contributed by atoms with van der Waals surface area (Å²) in [4.78, 5) is 12.2. The standard InChI is InChI=1S/C19H17IN2O5/c1-3-26-13-4-5-15-12(8-13)9-17(27-15)19(24)22-21-10-11-6-14(20)18(23)16(7-11)25-2/h4-10,23H,3H2,1-2H3,(H,22,24)/b21-10+. The van der Waals surface area contributed by atoms with Gasteiger partial charge < -0.3 is 19.0 Å². The molecule has 0 aliphatic rings. The van der Waals surface area contributed by atoms with Crippen LogP contribution in [-0.4, -0.2) is 30.9 Å². The van der Waals surface area contributed by atoms with Gasteiger partial charge in [-0.1, -0.05) is 0 Å². The Morgan fingerprint density at radius 1 is 1.33 bits per heavy atom. The van der Waals surface area contributed by atoms with Gasteiger partial charge in [0.05, 0.1) is 23.5 Å². The van der Waals surface area contributed by atoms with E-state index in [1.807, 2.05) is 35.6 Å². The molecule has 7 nitrogen and oxygen atoms in total. The van der Waals surface area contributed by atoms with Crippen LogP contribution in [0, 0.1) is 3.57 Å². The van der Waals surface area contributed by atoms with E-state index in [-0.39, 0.29) is 11.5 Å². The van der Waals surface area contributed by atoms with E-state index in [1.165, 1.54) is 13.3 Å². The fourth-order valence-corrected chi connectivity index (χ4v) is 3.06. The largest absolute Gasteiger partial charge is 0.504 e. The molecule has 2 aromatic carbocycles. The van der Waals surface area contributed by atoms with E-state index < -0.39 is 5.91 Å². The number of rotatable bonds is 6. The van der Waals surface area contributed by atoms with Gasteiger partial charge in [0.2, 0.25) is 0 Å². The molecule has 0 bridgehead atoms. The Hall–Kier alpha value is -2.75. The molecular weight excluding hydrogens is 463 g/mol. The molecule has 1 heterocycles. The monoisotopic (exact) mass is 480 g/mol. The molecule has 3 aromatic rings. The molecule has 0 saturated heterocycles. The molecule has 0 radical (unpaired) electrons. The number of benzene rings is 2. The Kier molecular flexibility index (Phi) is 5.84. The molecule has 0 atom stereocenters. The number of carbonyl (C=O) groups excluding carboxylic acids is 1. The summed E-state index contributed by atoms with van der Waals surface area (Å²) < 4.78 is 16.7. The zero-order valence-corrected chi connectivity index (χ0v) is 16.8. The lowest BCUT2D eigenvalue weighted by molar-refractivity contribution is 0.0929. The first-order valence-corrected chi connectivity index (χ1v) is 9.16. The third-order valence-corrected chi connectivity index (χ3v) is 4.50. The van der Waals surface area contributed by atoms with Gasteiger partial charge in [0.1, 0.15) is 11.3 Å². The predicted molar refractivity (Wildman–Crippen MR) is 110 cm³/mol. The Labute approximate surface area is 169 Å². The van der Waals surface area contributed by atoms with Crippen molar-refractivity contribution in [1.82, 2.24) is 5.43 Å². The summed E-state index contributed by atoms with van der Waals surface area (Å²) in [5.41, 5.74) is 3.67. The third kappa shape index (κ3) is 4.33. The van der Waals surface area contributed by atoms with E-state index >= 15 is 0 Å². The molecule has 140 valence electrons. The number of hydrazone groups is 1. The third-order valence-electron chi connectivity index (χ3n) is 3.67. The molecule has 2 N–H and O–H groups in total. The highest BCUT2D eigenvalue weighted by molar-refractivity contribution is 14.1. The minimum absolute atomic E-state index is 0.0629. The minimum atomic E-state index is -0.471. The molecule has 27 heavy (non-hydrogen) atoms. The minimum Gasteiger partial charge on any atom is -0.504 e. The number of furan rings is 1. The van der Waals surface area contributed by atoms with E-state index in [9.17, 15) is 9.90 Å². The summed E-state index contributed by atoms with van der Waals surface area (Å²) in [6.45, 7) is 2.47. The van der Waals surface area contributed by atoms with Gasteiger partial charge in [0, 0.05) is 5.39 Å². The summed E-state index contributed by atoms with van der Waals surface area (Å²) in [5, 5.41) is 14.5. The molecular formula is C19H17IN2O5. The van der Waals surface area contributed by atoms with E-state index in [2.05, 4.69) is 10.5 Å². The number of phenols is 1. The number of aromatic hydroxyl groups is 1. The Balaban J connectivity index is 1.73. The molecule has 0 aliphatic carbocycles. The number of ether oxygens (including phenoxy) is 2. The zero-order valence-electron chi connectivity index (χ0n) is 14.7. The highest BCUT2D eigenvalue weighted by Crippen LogP contribution is 2.31. The van der Waals surface area contributed by atoms with Crippen LogP contribution in [0.1, 0.15) is 23.0 Å². The van der Waals surface area contributed by atoms with Crippen LogP contribution in [0.25, 0.3) is 11.0 Å². The van der Waals surface area contributed by atoms with Gasteiger partial charge in [-0.25, -0.2) is 5.43 Å². The normalized spacial score (nSPS) is 11.1. The van der Waals surface area contributed by atoms with Crippen molar-refractivity contribution in [3.05, 3.63) is 51.3 Å². The summed E-state index contributed by atoms with van der Waals surface area (Å²) >= 11 is 1.99. The fourth-order valence-electron chi connectivity index (χ4n) is 2.43. The second-order valence-electron chi connectivity index (χ2n) is 5.50. The summed E-state index contributed by atoms with van der Waals surface area (Å²) in [5.74, 6) is 0.784. The second-order valence-corrected chi connectivity index (χ2v) is 6.66. The number of hydrogen-bond acceptors (Lipinski definition) is 6. The van der Waals surface area contributed by atoms with E-state index in [4.69, 9.17) is 13.9 Å². The maximum atomic E-state index is 12.2. The summed E-state index contributed by atoms with van der Waals surface area (Å²) in [6.07, 6.45) is 1.46. The van der Waals surface area contributed by atoms with Crippen LogP contribution >= 0.6 is 22.6 Å². The molecule has 1 amide bonds. The number of nitrogens with one attached hydrogen (secondary N) is 1. The Morgan fingerprint density at radius 3 is 2.89 bits per heavy atom. The number of fused-ring (bicyclic) bond motifs is 1. The summed E-state index contributed by atoms with van der Waals surface area (Å²) in [6, 6.07) is 10.3. The van der Waals surface area contributed by atoms with Gasteiger partial charge in [-0.2, -0.15) is 5.10 Å². The number of methoxy groups -OCH3 is 1. The van der Waals surface area contributed by atoms with Crippen LogP contribution < -0.4 is 14.9 Å². The van der Waals surface area contributed by atoms with E-state index in [0.29, 0.717) is 32.8 Å². The maximum absolute atomic E-state index is 12.2. The number of halogens is 1. The smallest absolute Gasteiger partial charge is 0.307 e. The predicted octanol–water partition coefficient (Wildman–Crippen LogP) is 3.91. The van der Waals surface area contributed by atoms with Gasteiger partial charge >= 0.3 is 5.91 Å². The number of amides is 1. The van der Waals surface area contributed by atoms with Crippen molar-refractivity contribution in [2.75, 3.05) is 13.7 Å². The fraction of sp³-hybridized carbons (Fsp3) is 0.158. The first kappa shape index (κ1) is 19.0. The average Bonchev–Trinajstić information content (AvgIpc) is 3.08. The number of hydrogen-bond donors (Lipinski definition) is 2. The molecule has 0 saturated carbocycles. The molecule has 8 heteroatoms. The Bertz CT molecular complexity index is 1010. The van der Waals surface area contributed by atoms with Gasteiger partial charge in [-0.05, 0) is 71.5 Å². The maximum Gasteiger partial charge on any atom is 0.307 e. The van der Waals surface area contributed by atoms with E-state index in [0.717, 1.165) is 5.39 Å².